The molecule has 0 aromatic heterocycles. The lowest BCUT2D eigenvalue weighted by atomic mass is 10.1. The second-order valence-corrected chi connectivity index (χ2v) is 8.51. The van der Waals surface area contributed by atoms with Crippen molar-refractivity contribution >= 4 is 15.7 Å². The second-order valence-electron chi connectivity index (χ2n) is 6.61. The van der Waals surface area contributed by atoms with Gasteiger partial charge in [0.2, 0.25) is 10.0 Å². The summed E-state index contributed by atoms with van der Waals surface area (Å²) in [5, 5.41) is 9.29. The number of hydrogen-bond acceptors (Lipinski definition) is 5. The van der Waals surface area contributed by atoms with Crippen LogP contribution in [0.1, 0.15) is 16.7 Å². The molecule has 1 heterocycles. The molecule has 1 aliphatic rings. The van der Waals surface area contributed by atoms with Crippen LogP contribution in [0.2, 0.25) is 0 Å². The minimum Gasteiger partial charge on any atom is -0.495 e. The summed E-state index contributed by atoms with van der Waals surface area (Å²) in [6.45, 7) is 5.61. The molecule has 0 spiro atoms. The van der Waals surface area contributed by atoms with Crippen molar-refractivity contribution in [3.63, 3.8) is 0 Å². The third-order valence-corrected chi connectivity index (χ3v) is 6.92. The summed E-state index contributed by atoms with van der Waals surface area (Å²) in [5.41, 5.74) is 3.35. The lowest BCUT2D eigenvalue weighted by Crippen LogP contribution is -2.48. The van der Waals surface area contributed by atoms with E-state index in [4.69, 9.17) is 4.74 Å². The Hall–Kier alpha value is -2.56. The number of nitrogens with zero attached hydrogens (tertiary/aromatic N) is 3. The molecule has 7 heteroatoms. The van der Waals surface area contributed by atoms with Gasteiger partial charge in [-0.25, -0.2) is 8.42 Å². The fourth-order valence-electron chi connectivity index (χ4n) is 3.28. The van der Waals surface area contributed by atoms with E-state index in [0.717, 1.165) is 16.8 Å². The number of benzene rings is 2. The summed E-state index contributed by atoms with van der Waals surface area (Å²) in [6.07, 6.45) is 0. The van der Waals surface area contributed by atoms with Crippen LogP contribution >= 0.6 is 0 Å². The highest BCUT2D eigenvalue weighted by Gasteiger charge is 2.31. The van der Waals surface area contributed by atoms with E-state index in [-0.39, 0.29) is 4.90 Å². The lowest BCUT2D eigenvalue weighted by Gasteiger charge is -2.36. The monoisotopic (exact) mass is 385 g/mol. The minimum atomic E-state index is -3.65. The fourth-order valence-corrected chi connectivity index (χ4v) is 4.92. The van der Waals surface area contributed by atoms with Gasteiger partial charge in [-0.05, 0) is 49.2 Å². The Balaban J connectivity index is 1.84. The second kappa shape index (κ2) is 7.59. The normalized spacial score (nSPS) is 15.4. The maximum atomic E-state index is 13.2. The molecule has 1 fully saturated rings. The molecule has 6 nitrogen and oxygen atoms in total. The van der Waals surface area contributed by atoms with Crippen LogP contribution in [0.5, 0.6) is 5.75 Å². The van der Waals surface area contributed by atoms with Gasteiger partial charge in [0.25, 0.3) is 0 Å². The molecule has 0 radical (unpaired) electrons. The smallest absolute Gasteiger partial charge is 0.246 e. The number of aryl methyl sites for hydroxylation is 2. The molecule has 2 aromatic rings. The topological polar surface area (TPSA) is 73.6 Å². The van der Waals surface area contributed by atoms with Crippen molar-refractivity contribution in [2.75, 3.05) is 38.2 Å². The van der Waals surface area contributed by atoms with Gasteiger partial charge in [-0.1, -0.05) is 12.1 Å². The van der Waals surface area contributed by atoms with Crippen molar-refractivity contribution in [1.29, 1.82) is 5.26 Å². The number of hydrogen-bond donors (Lipinski definition) is 0. The number of methoxy groups -OCH3 is 1. The Labute approximate surface area is 160 Å². The zero-order valence-electron chi connectivity index (χ0n) is 15.8. The largest absolute Gasteiger partial charge is 0.495 e. The summed E-state index contributed by atoms with van der Waals surface area (Å²) in [5.74, 6) is 0.371. The third kappa shape index (κ3) is 3.64. The minimum absolute atomic E-state index is 0.207. The van der Waals surface area contributed by atoms with Crippen LogP contribution in [0.15, 0.2) is 41.3 Å². The quantitative estimate of drug-likeness (QED) is 0.809. The molecule has 0 unspecified atom stereocenters. The van der Waals surface area contributed by atoms with E-state index >= 15 is 0 Å². The predicted molar refractivity (Wildman–Crippen MR) is 105 cm³/mol. The average Bonchev–Trinajstić information content (AvgIpc) is 2.69. The van der Waals surface area contributed by atoms with E-state index in [9.17, 15) is 13.7 Å². The van der Waals surface area contributed by atoms with Crippen molar-refractivity contribution in [3.05, 3.63) is 53.1 Å². The molecule has 0 N–H and O–H groups in total. The molecule has 1 saturated heterocycles. The maximum absolute atomic E-state index is 13.2. The molecule has 1 aliphatic heterocycles. The summed E-state index contributed by atoms with van der Waals surface area (Å²) in [7, 11) is -2.16. The fraction of sp³-hybridized carbons (Fsp3) is 0.350. The zero-order chi connectivity index (χ0) is 19.6. The standard InChI is InChI=1S/C20H23N3O3S/c1-15-12-19(26-3)20(13-16(15)2)27(24,25)23-10-8-22(9-11-23)18-7-5-4-6-17(18)14-21/h4-7,12-13H,8-11H2,1-3H3. The number of sulfonamides is 1. The van der Waals surface area contributed by atoms with Crippen molar-refractivity contribution < 1.29 is 13.2 Å². The van der Waals surface area contributed by atoms with Crippen LogP contribution < -0.4 is 9.64 Å². The summed E-state index contributed by atoms with van der Waals surface area (Å²) >= 11 is 0. The lowest BCUT2D eigenvalue weighted by molar-refractivity contribution is 0.374. The molecule has 27 heavy (non-hydrogen) atoms. The van der Waals surface area contributed by atoms with Gasteiger partial charge < -0.3 is 9.64 Å². The van der Waals surface area contributed by atoms with Crippen molar-refractivity contribution in [2.45, 2.75) is 18.7 Å². The molecule has 3 rings (SSSR count). The predicted octanol–water partition coefficient (Wildman–Crippen LogP) is 2.69. The first-order chi connectivity index (χ1) is 12.9. The zero-order valence-corrected chi connectivity index (χ0v) is 16.6. The molecule has 0 saturated carbocycles. The van der Waals surface area contributed by atoms with E-state index < -0.39 is 10.0 Å². The van der Waals surface area contributed by atoms with Gasteiger partial charge in [-0.15, -0.1) is 0 Å². The average molecular weight is 385 g/mol. The van der Waals surface area contributed by atoms with Crippen molar-refractivity contribution in [1.82, 2.24) is 4.31 Å². The molecule has 0 atom stereocenters. The van der Waals surface area contributed by atoms with Crippen molar-refractivity contribution in [2.24, 2.45) is 0 Å². The van der Waals surface area contributed by atoms with Gasteiger partial charge >= 0.3 is 0 Å². The Morgan fingerprint density at radius 1 is 1.04 bits per heavy atom. The van der Waals surface area contributed by atoms with Crippen LogP contribution in [0.3, 0.4) is 0 Å². The van der Waals surface area contributed by atoms with Gasteiger partial charge in [-0.3, -0.25) is 0 Å². The van der Waals surface area contributed by atoms with Crippen LogP contribution in [-0.4, -0.2) is 46.0 Å². The highest BCUT2D eigenvalue weighted by atomic mass is 32.2. The summed E-state index contributed by atoms with van der Waals surface area (Å²) < 4.78 is 33.2. The summed E-state index contributed by atoms with van der Waals surface area (Å²) in [4.78, 5) is 2.27. The molecule has 0 bridgehead atoms. The maximum Gasteiger partial charge on any atom is 0.246 e. The summed E-state index contributed by atoms with van der Waals surface area (Å²) in [6, 6.07) is 13.0. The molecule has 0 amide bonds. The first-order valence-electron chi connectivity index (χ1n) is 8.78. The number of rotatable bonds is 4. The van der Waals surface area contributed by atoms with E-state index in [1.165, 1.54) is 11.4 Å². The van der Waals surface area contributed by atoms with Crippen LogP contribution in [0.25, 0.3) is 0 Å². The third-order valence-electron chi connectivity index (χ3n) is 5.00. The highest BCUT2D eigenvalue weighted by Crippen LogP contribution is 2.31. The Bertz CT molecular complexity index is 988. The van der Waals surface area contributed by atoms with Gasteiger partial charge in [0.05, 0.1) is 18.4 Å². The highest BCUT2D eigenvalue weighted by molar-refractivity contribution is 7.89. The molecular weight excluding hydrogens is 362 g/mol. The number of anilines is 1. The SMILES string of the molecule is COc1cc(C)c(C)cc1S(=O)(=O)N1CCN(c2ccccc2C#N)CC1. The van der Waals surface area contributed by atoms with E-state index in [1.54, 1.807) is 18.2 Å². The number of nitriles is 1. The Kier molecular flexibility index (Phi) is 5.40. The van der Waals surface area contributed by atoms with Gasteiger partial charge in [0.1, 0.15) is 16.7 Å². The van der Waals surface area contributed by atoms with E-state index in [2.05, 4.69) is 11.0 Å². The first kappa shape index (κ1) is 19.2. The van der Waals surface area contributed by atoms with E-state index in [0.29, 0.717) is 37.5 Å². The number of ether oxygens (including phenoxy) is 1. The Morgan fingerprint density at radius 2 is 1.67 bits per heavy atom. The Morgan fingerprint density at radius 3 is 2.30 bits per heavy atom. The van der Waals surface area contributed by atoms with Crippen LogP contribution in [-0.2, 0) is 10.0 Å². The van der Waals surface area contributed by atoms with Gasteiger partial charge in [-0.2, -0.15) is 9.57 Å². The van der Waals surface area contributed by atoms with Crippen LogP contribution in [0, 0.1) is 25.2 Å². The molecule has 2 aromatic carbocycles. The van der Waals surface area contributed by atoms with Crippen LogP contribution in [0.4, 0.5) is 5.69 Å². The first-order valence-corrected chi connectivity index (χ1v) is 10.2. The molecule has 0 aliphatic carbocycles. The van der Waals surface area contributed by atoms with E-state index in [1.807, 2.05) is 32.0 Å². The molecular formula is C20H23N3O3S. The van der Waals surface area contributed by atoms with Gasteiger partial charge in [0.15, 0.2) is 0 Å². The van der Waals surface area contributed by atoms with Crippen molar-refractivity contribution in [3.8, 4) is 11.8 Å². The molecule has 142 valence electrons. The number of piperazine rings is 1. The number of para-hydroxylation sites is 1. The van der Waals surface area contributed by atoms with Gasteiger partial charge in [0, 0.05) is 26.2 Å².